The summed E-state index contributed by atoms with van der Waals surface area (Å²) in [6.07, 6.45) is 8.27. The molecule has 0 radical (unpaired) electrons. The van der Waals surface area contributed by atoms with Gasteiger partial charge in [0.15, 0.2) is 5.82 Å². The van der Waals surface area contributed by atoms with Gasteiger partial charge in [0.05, 0.1) is 0 Å². The van der Waals surface area contributed by atoms with Gasteiger partial charge >= 0.3 is 0 Å². The molecule has 2 rings (SSSR count). The number of nitrogens with zero attached hydrogens (tertiary/aromatic N) is 3. The Morgan fingerprint density at radius 3 is 2.53 bits per heavy atom. The number of hydrogen-bond donors (Lipinski definition) is 0. The van der Waals surface area contributed by atoms with Crippen LogP contribution in [0.4, 0.5) is 0 Å². The van der Waals surface area contributed by atoms with Crippen LogP contribution in [0, 0.1) is 3.57 Å². The summed E-state index contributed by atoms with van der Waals surface area (Å²) in [4.78, 5) is 4.38. The van der Waals surface area contributed by atoms with Gasteiger partial charge in [0.2, 0.25) is 0 Å². The van der Waals surface area contributed by atoms with Crippen LogP contribution in [-0.2, 0) is 6.54 Å². The Hall–Kier alpha value is -0.910. The second-order valence-electron chi connectivity index (χ2n) is 4.75. The van der Waals surface area contributed by atoms with Gasteiger partial charge in [-0.1, -0.05) is 44.7 Å². The summed E-state index contributed by atoms with van der Waals surface area (Å²) in [5.41, 5.74) is 1.09. The van der Waals surface area contributed by atoms with Crippen molar-refractivity contribution in [1.82, 2.24) is 14.8 Å². The second kappa shape index (κ2) is 7.62. The fourth-order valence-corrected chi connectivity index (χ4v) is 2.37. The molecular weight excluding hydrogens is 349 g/mol. The molecule has 1 aromatic carbocycles. The first-order valence-corrected chi connectivity index (χ1v) is 8.03. The van der Waals surface area contributed by atoms with Crippen LogP contribution in [0.25, 0.3) is 11.4 Å². The molecule has 0 aliphatic heterocycles. The highest BCUT2D eigenvalue weighted by atomic mass is 127. The molecule has 0 atom stereocenters. The Morgan fingerprint density at radius 1 is 1.05 bits per heavy atom. The van der Waals surface area contributed by atoms with E-state index >= 15 is 0 Å². The molecule has 0 amide bonds. The van der Waals surface area contributed by atoms with Gasteiger partial charge in [-0.15, -0.1) is 0 Å². The fraction of sp³-hybridized carbons (Fsp3) is 0.467. The number of rotatable bonds is 7. The van der Waals surface area contributed by atoms with Crippen molar-refractivity contribution in [3.63, 3.8) is 0 Å². The number of aromatic nitrogens is 3. The Balaban J connectivity index is 1.86. The van der Waals surface area contributed by atoms with E-state index in [1.165, 1.54) is 35.7 Å². The molecule has 4 heteroatoms. The van der Waals surface area contributed by atoms with Crippen LogP contribution in [0.2, 0.25) is 0 Å². The Morgan fingerprint density at radius 2 is 1.79 bits per heavy atom. The minimum atomic E-state index is 0.824. The van der Waals surface area contributed by atoms with Gasteiger partial charge in [0, 0.05) is 15.7 Å². The zero-order chi connectivity index (χ0) is 13.5. The van der Waals surface area contributed by atoms with Crippen LogP contribution < -0.4 is 0 Å². The van der Waals surface area contributed by atoms with Crippen molar-refractivity contribution in [1.29, 1.82) is 0 Å². The summed E-state index contributed by atoms with van der Waals surface area (Å²) in [5.74, 6) is 0.824. The van der Waals surface area contributed by atoms with Gasteiger partial charge < -0.3 is 0 Å². The van der Waals surface area contributed by atoms with E-state index < -0.39 is 0 Å². The maximum absolute atomic E-state index is 4.53. The summed E-state index contributed by atoms with van der Waals surface area (Å²) < 4.78 is 3.19. The molecule has 0 fully saturated rings. The van der Waals surface area contributed by atoms with Crippen LogP contribution in [0.5, 0.6) is 0 Å². The molecule has 1 aromatic heterocycles. The normalized spacial score (nSPS) is 10.8. The van der Waals surface area contributed by atoms with Crippen molar-refractivity contribution in [2.75, 3.05) is 0 Å². The van der Waals surface area contributed by atoms with Crippen molar-refractivity contribution >= 4 is 22.6 Å². The van der Waals surface area contributed by atoms with Crippen LogP contribution >= 0.6 is 22.6 Å². The Kier molecular flexibility index (Phi) is 5.82. The number of aryl methyl sites for hydroxylation is 1. The quantitative estimate of drug-likeness (QED) is 0.531. The fourth-order valence-electron chi connectivity index (χ4n) is 2.01. The van der Waals surface area contributed by atoms with E-state index in [1.807, 2.05) is 11.0 Å². The third-order valence-electron chi connectivity index (χ3n) is 3.13. The lowest BCUT2D eigenvalue weighted by atomic mass is 10.1. The molecule has 0 saturated heterocycles. The molecule has 3 nitrogen and oxygen atoms in total. The average molecular weight is 369 g/mol. The molecule has 0 bridgehead atoms. The molecule has 1 heterocycles. The van der Waals surface area contributed by atoms with Crippen molar-refractivity contribution in [2.45, 2.75) is 45.6 Å². The number of halogens is 1. The maximum atomic E-state index is 4.53. The Bertz CT molecular complexity index is 490. The molecule has 0 unspecified atom stereocenters. The Labute approximate surface area is 128 Å². The van der Waals surface area contributed by atoms with Gasteiger partial charge in [-0.05, 0) is 41.1 Å². The van der Waals surface area contributed by atoms with E-state index in [2.05, 4.69) is 63.9 Å². The highest BCUT2D eigenvalue weighted by Gasteiger charge is 2.03. The van der Waals surface area contributed by atoms with Crippen molar-refractivity contribution in [3.8, 4) is 11.4 Å². The summed E-state index contributed by atoms with van der Waals surface area (Å²) in [5, 5.41) is 4.53. The summed E-state index contributed by atoms with van der Waals surface area (Å²) >= 11 is 2.30. The van der Waals surface area contributed by atoms with Gasteiger partial charge in [0.1, 0.15) is 6.33 Å². The van der Waals surface area contributed by atoms with E-state index in [0.29, 0.717) is 0 Å². The van der Waals surface area contributed by atoms with Crippen molar-refractivity contribution < 1.29 is 0 Å². The molecule has 102 valence electrons. The van der Waals surface area contributed by atoms with Crippen LogP contribution in [-0.4, -0.2) is 14.8 Å². The first kappa shape index (κ1) is 14.5. The lowest BCUT2D eigenvalue weighted by molar-refractivity contribution is 0.533. The minimum Gasteiger partial charge on any atom is -0.252 e. The largest absolute Gasteiger partial charge is 0.252 e. The highest BCUT2D eigenvalue weighted by Crippen LogP contribution is 2.16. The molecule has 0 N–H and O–H groups in total. The zero-order valence-corrected chi connectivity index (χ0v) is 13.5. The van der Waals surface area contributed by atoms with E-state index in [0.717, 1.165) is 17.9 Å². The van der Waals surface area contributed by atoms with Gasteiger partial charge in [-0.3, -0.25) is 4.68 Å². The smallest absolute Gasteiger partial charge is 0.181 e. The first-order valence-electron chi connectivity index (χ1n) is 6.95. The molecule has 0 aliphatic rings. The van der Waals surface area contributed by atoms with Gasteiger partial charge in [-0.25, -0.2) is 4.98 Å². The SMILES string of the molecule is CCCCCCCn1cnc(-c2ccc(I)cc2)n1. The van der Waals surface area contributed by atoms with E-state index in [1.54, 1.807) is 0 Å². The van der Waals surface area contributed by atoms with E-state index in [-0.39, 0.29) is 0 Å². The minimum absolute atomic E-state index is 0.824. The molecule has 0 aliphatic carbocycles. The number of hydrogen-bond acceptors (Lipinski definition) is 2. The van der Waals surface area contributed by atoms with Gasteiger partial charge in [-0.2, -0.15) is 5.10 Å². The summed E-state index contributed by atoms with van der Waals surface area (Å²) in [7, 11) is 0. The highest BCUT2D eigenvalue weighted by molar-refractivity contribution is 14.1. The van der Waals surface area contributed by atoms with Gasteiger partial charge in [0.25, 0.3) is 0 Å². The monoisotopic (exact) mass is 369 g/mol. The number of unbranched alkanes of at least 4 members (excludes halogenated alkanes) is 4. The lowest BCUT2D eigenvalue weighted by Gasteiger charge is -2.00. The lowest BCUT2D eigenvalue weighted by Crippen LogP contribution is -1.98. The standard InChI is InChI=1S/C15H20IN3/c1-2-3-4-5-6-11-19-12-17-15(18-19)13-7-9-14(16)10-8-13/h7-10,12H,2-6,11H2,1H3. The third kappa shape index (κ3) is 4.60. The predicted molar refractivity (Wildman–Crippen MR) is 86.9 cm³/mol. The molecule has 0 spiro atoms. The zero-order valence-electron chi connectivity index (χ0n) is 11.3. The molecule has 0 saturated carbocycles. The van der Waals surface area contributed by atoms with Crippen molar-refractivity contribution in [3.05, 3.63) is 34.2 Å². The molecule has 19 heavy (non-hydrogen) atoms. The second-order valence-corrected chi connectivity index (χ2v) is 6.00. The van der Waals surface area contributed by atoms with E-state index in [9.17, 15) is 0 Å². The topological polar surface area (TPSA) is 30.7 Å². The predicted octanol–water partition coefficient (Wildman–Crippen LogP) is 4.52. The molecule has 2 aromatic rings. The summed E-state index contributed by atoms with van der Waals surface area (Å²) in [6, 6.07) is 8.31. The van der Waals surface area contributed by atoms with E-state index in [4.69, 9.17) is 0 Å². The van der Waals surface area contributed by atoms with Crippen LogP contribution in [0.1, 0.15) is 39.0 Å². The number of benzene rings is 1. The summed E-state index contributed by atoms with van der Waals surface area (Å²) in [6.45, 7) is 3.21. The van der Waals surface area contributed by atoms with Crippen LogP contribution in [0.3, 0.4) is 0 Å². The van der Waals surface area contributed by atoms with Crippen molar-refractivity contribution in [2.24, 2.45) is 0 Å². The average Bonchev–Trinajstić information content (AvgIpc) is 2.88. The molecular formula is C15H20IN3. The first-order chi connectivity index (χ1) is 9.29. The maximum Gasteiger partial charge on any atom is 0.181 e. The third-order valence-corrected chi connectivity index (χ3v) is 3.85. The van der Waals surface area contributed by atoms with Crippen LogP contribution in [0.15, 0.2) is 30.6 Å².